The number of urea groups is 1. The van der Waals surface area contributed by atoms with Gasteiger partial charge in [0.05, 0.1) is 18.2 Å². The van der Waals surface area contributed by atoms with Gasteiger partial charge in [0.15, 0.2) is 0 Å². The minimum atomic E-state index is -0.424. The lowest BCUT2D eigenvalue weighted by atomic mass is 10.1. The number of nitrogens with one attached hydrogen (secondary N) is 1. The molecule has 2 rings (SSSR count). The van der Waals surface area contributed by atoms with Gasteiger partial charge in [0.25, 0.3) is 5.91 Å². The van der Waals surface area contributed by atoms with E-state index in [1.54, 1.807) is 24.3 Å². The van der Waals surface area contributed by atoms with E-state index in [2.05, 4.69) is 11.4 Å². The van der Waals surface area contributed by atoms with E-state index in [1.165, 1.54) is 4.90 Å². The third-order valence-corrected chi connectivity index (χ3v) is 3.15. The van der Waals surface area contributed by atoms with E-state index in [1.807, 2.05) is 6.92 Å². The van der Waals surface area contributed by atoms with Crippen molar-refractivity contribution in [3.05, 3.63) is 35.4 Å². The summed E-state index contributed by atoms with van der Waals surface area (Å²) in [6, 6.07) is 8.24. The molecule has 0 aromatic heterocycles. The minimum Gasteiger partial charge on any atom is -0.326 e. The minimum absolute atomic E-state index is 0.147. The zero-order valence-corrected chi connectivity index (χ0v) is 10.7. The zero-order chi connectivity index (χ0) is 13.8. The molecule has 3 amide bonds. The van der Waals surface area contributed by atoms with Crippen LogP contribution in [0.1, 0.15) is 30.9 Å². The Bertz CT molecular complexity index is 548. The Kier molecular flexibility index (Phi) is 3.81. The molecule has 1 heterocycles. The molecule has 1 aromatic rings. The summed E-state index contributed by atoms with van der Waals surface area (Å²) in [4.78, 5) is 25.0. The maximum atomic E-state index is 12.1. The standard InChI is InChI=1S/C14H15N3O2/c1-2-5-12-13(18)17(14(19)16-12)9-11-7-4-3-6-10(11)8-15/h3-4,6-7,12H,2,5,9H2,1H3,(H,16,19)/t12-/m0/s1. The van der Waals surface area contributed by atoms with Gasteiger partial charge in [-0.1, -0.05) is 31.5 Å². The van der Waals surface area contributed by atoms with Crippen molar-refractivity contribution < 1.29 is 9.59 Å². The molecule has 1 atom stereocenters. The van der Waals surface area contributed by atoms with Gasteiger partial charge in [0.2, 0.25) is 0 Å². The van der Waals surface area contributed by atoms with Crippen LogP contribution in [0, 0.1) is 11.3 Å². The molecule has 0 saturated carbocycles. The van der Waals surface area contributed by atoms with Crippen molar-refractivity contribution in [2.75, 3.05) is 0 Å². The first-order chi connectivity index (χ1) is 9.17. The lowest BCUT2D eigenvalue weighted by Gasteiger charge is -2.13. The molecule has 1 N–H and O–H groups in total. The van der Waals surface area contributed by atoms with Gasteiger partial charge in [-0.05, 0) is 18.1 Å². The predicted octanol–water partition coefficient (Wildman–Crippen LogP) is 1.78. The highest BCUT2D eigenvalue weighted by atomic mass is 16.2. The molecule has 98 valence electrons. The number of benzene rings is 1. The summed E-state index contributed by atoms with van der Waals surface area (Å²) >= 11 is 0. The van der Waals surface area contributed by atoms with Crippen LogP contribution in [-0.4, -0.2) is 22.9 Å². The lowest BCUT2D eigenvalue weighted by Crippen LogP contribution is -2.31. The number of nitrogens with zero attached hydrogens (tertiary/aromatic N) is 2. The van der Waals surface area contributed by atoms with Gasteiger partial charge in [-0.3, -0.25) is 9.69 Å². The Morgan fingerprint density at radius 1 is 1.37 bits per heavy atom. The number of imide groups is 1. The van der Waals surface area contributed by atoms with Gasteiger partial charge in [0.1, 0.15) is 6.04 Å². The first-order valence-electron chi connectivity index (χ1n) is 6.27. The van der Waals surface area contributed by atoms with Crippen molar-refractivity contribution >= 4 is 11.9 Å². The fourth-order valence-electron chi connectivity index (χ4n) is 2.15. The van der Waals surface area contributed by atoms with Crippen LogP contribution in [0.3, 0.4) is 0 Å². The van der Waals surface area contributed by atoms with Crippen LogP contribution < -0.4 is 5.32 Å². The van der Waals surface area contributed by atoms with E-state index >= 15 is 0 Å². The smallest absolute Gasteiger partial charge is 0.325 e. The largest absolute Gasteiger partial charge is 0.326 e. The molecule has 5 heteroatoms. The Morgan fingerprint density at radius 3 is 2.79 bits per heavy atom. The third-order valence-electron chi connectivity index (χ3n) is 3.15. The SMILES string of the molecule is CCC[C@@H]1NC(=O)N(Cc2ccccc2C#N)C1=O. The van der Waals surface area contributed by atoms with Crippen molar-refractivity contribution in [1.82, 2.24) is 10.2 Å². The number of carbonyl (C=O) groups excluding carboxylic acids is 2. The predicted molar refractivity (Wildman–Crippen MR) is 68.9 cm³/mol. The van der Waals surface area contributed by atoms with E-state index < -0.39 is 6.04 Å². The number of amides is 3. The molecule has 1 saturated heterocycles. The van der Waals surface area contributed by atoms with Gasteiger partial charge in [0, 0.05) is 0 Å². The maximum absolute atomic E-state index is 12.1. The first-order valence-corrected chi connectivity index (χ1v) is 6.27. The summed E-state index contributed by atoms with van der Waals surface area (Å²) in [6.45, 7) is 2.11. The Balaban J connectivity index is 2.17. The van der Waals surface area contributed by atoms with Crippen molar-refractivity contribution in [3.63, 3.8) is 0 Å². The van der Waals surface area contributed by atoms with Crippen molar-refractivity contribution in [2.45, 2.75) is 32.4 Å². The van der Waals surface area contributed by atoms with E-state index in [4.69, 9.17) is 5.26 Å². The molecule has 1 aliphatic rings. The highest BCUT2D eigenvalue weighted by Crippen LogP contribution is 2.17. The summed E-state index contributed by atoms with van der Waals surface area (Å²) in [5, 5.41) is 11.7. The van der Waals surface area contributed by atoms with Crippen molar-refractivity contribution in [1.29, 1.82) is 5.26 Å². The molecule has 0 spiro atoms. The van der Waals surface area contributed by atoms with E-state index in [0.29, 0.717) is 17.5 Å². The molecule has 5 nitrogen and oxygen atoms in total. The summed E-state index contributed by atoms with van der Waals surface area (Å²) in [5.74, 6) is -0.209. The Morgan fingerprint density at radius 2 is 2.11 bits per heavy atom. The van der Waals surface area contributed by atoms with E-state index in [9.17, 15) is 9.59 Å². The van der Waals surface area contributed by atoms with Crippen LogP contribution in [0.4, 0.5) is 4.79 Å². The van der Waals surface area contributed by atoms with Crippen LogP contribution >= 0.6 is 0 Å². The summed E-state index contributed by atoms with van der Waals surface area (Å²) in [7, 11) is 0. The van der Waals surface area contributed by atoms with Crippen LogP contribution in [-0.2, 0) is 11.3 Å². The molecule has 0 aliphatic carbocycles. The number of nitriles is 1. The second-order valence-corrected chi connectivity index (χ2v) is 4.48. The topological polar surface area (TPSA) is 73.2 Å². The van der Waals surface area contributed by atoms with Crippen molar-refractivity contribution in [2.24, 2.45) is 0 Å². The molecule has 0 radical (unpaired) electrons. The van der Waals surface area contributed by atoms with Crippen LogP contribution in [0.25, 0.3) is 0 Å². The van der Waals surface area contributed by atoms with Crippen molar-refractivity contribution in [3.8, 4) is 6.07 Å². The molecule has 1 fully saturated rings. The maximum Gasteiger partial charge on any atom is 0.325 e. The van der Waals surface area contributed by atoms with Gasteiger partial charge in [-0.15, -0.1) is 0 Å². The van der Waals surface area contributed by atoms with Crippen LogP contribution in [0.5, 0.6) is 0 Å². The first kappa shape index (κ1) is 13.1. The fraction of sp³-hybridized carbons (Fsp3) is 0.357. The highest BCUT2D eigenvalue weighted by Gasteiger charge is 2.37. The summed E-state index contributed by atoms with van der Waals surface area (Å²) in [5.41, 5.74) is 1.17. The van der Waals surface area contributed by atoms with E-state index in [0.717, 1.165) is 6.42 Å². The Labute approximate surface area is 111 Å². The second-order valence-electron chi connectivity index (χ2n) is 4.48. The molecular weight excluding hydrogens is 242 g/mol. The number of rotatable bonds is 4. The fourth-order valence-corrected chi connectivity index (χ4v) is 2.15. The molecule has 1 aliphatic heterocycles. The zero-order valence-electron chi connectivity index (χ0n) is 10.7. The number of hydrogen-bond donors (Lipinski definition) is 1. The number of carbonyl (C=O) groups is 2. The molecule has 0 unspecified atom stereocenters. The third kappa shape index (κ3) is 2.58. The quantitative estimate of drug-likeness (QED) is 0.835. The van der Waals surface area contributed by atoms with Gasteiger partial charge >= 0.3 is 6.03 Å². The van der Waals surface area contributed by atoms with Gasteiger partial charge in [-0.25, -0.2) is 4.79 Å². The van der Waals surface area contributed by atoms with Gasteiger partial charge < -0.3 is 5.32 Å². The highest BCUT2D eigenvalue weighted by molar-refractivity contribution is 6.04. The lowest BCUT2D eigenvalue weighted by molar-refractivity contribution is -0.128. The molecule has 19 heavy (non-hydrogen) atoms. The summed E-state index contributed by atoms with van der Waals surface area (Å²) < 4.78 is 0. The normalized spacial score (nSPS) is 18.3. The molecule has 1 aromatic carbocycles. The second kappa shape index (κ2) is 5.53. The molecular formula is C14H15N3O2. The van der Waals surface area contributed by atoms with Gasteiger partial charge in [-0.2, -0.15) is 5.26 Å². The van der Waals surface area contributed by atoms with Crippen LogP contribution in [0.2, 0.25) is 0 Å². The van der Waals surface area contributed by atoms with E-state index in [-0.39, 0.29) is 18.5 Å². The monoisotopic (exact) mass is 257 g/mol. The number of hydrogen-bond acceptors (Lipinski definition) is 3. The summed E-state index contributed by atoms with van der Waals surface area (Å²) in [6.07, 6.45) is 1.47. The Hall–Kier alpha value is -2.35. The average Bonchev–Trinajstić information content (AvgIpc) is 2.68. The van der Waals surface area contributed by atoms with Crippen LogP contribution in [0.15, 0.2) is 24.3 Å². The molecule has 0 bridgehead atoms. The average molecular weight is 257 g/mol.